The lowest BCUT2D eigenvalue weighted by atomic mass is 10.1. The van der Waals surface area contributed by atoms with E-state index in [2.05, 4.69) is 10.6 Å². The average molecular weight is 341 g/mol. The van der Waals surface area contributed by atoms with Crippen LogP contribution < -0.4 is 15.4 Å². The number of methoxy groups -OCH3 is 1. The maximum atomic E-state index is 12.9. The highest BCUT2D eigenvalue weighted by atomic mass is 16.5. The Hall–Kier alpha value is -2.37. The summed E-state index contributed by atoms with van der Waals surface area (Å²) in [6.45, 7) is 1.61. The van der Waals surface area contributed by atoms with Crippen molar-refractivity contribution in [2.75, 3.05) is 25.6 Å². The third-order valence-corrected chi connectivity index (χ3v) is 4.44. The number of ether oxygens (including phenoxy) is 2. The number of rotatable bonds is 7. The Balaban J connectivity index is 1.71. The van der Waals surface area contributed by atoms with Crippen LogP contribution in [-0.4, -0.2) is 32.3 Å². The van der Waals surface area contributed by atoms with Gasteiger partial charge in [0, 0.05) is 23.9 Å². The molecule has 5 heteroatoms. The first-order valence-electron chi connectivity index (χ1n) is 8.71. The number of quaternary nitrogens is 1. The van der Waals surface area contributed by atoms with Gasteiger partial charge in [0.25, 0.3) is 5.91 Å². The number of amides is 1. The molecule has 0 aromatic heterocycles. The standard InChI is InChI=1S/C20H24N2O3/c1-24-17-10-5-9-16(13-17)22-20(23)19(15-7-3-2-4-8-15)21-14-18-11-6-12-25-18/h2-5,7-10,13,18-19,21H,6,11-12,14H2,1H3,(H,22,23)/p+1/t18-,19+/m1/s1. The summed E-state index contributed by atoms with van der Waals surface area (Å²) < 4.78 is 10.9. The Morgan fingerprint density at radius 3 is 2.84 bits per heavy atom. The van der Waals surface area contributed by atoms with Gasteiger partial charge in [-0.05, 0) is 25.0 Å². The zero-order chi connectivity index (χ0) is 17.5. The predicted octanol–water partition coefficient (Wildman–Crippen LogP) is 2.12. The average Bonchev–Trinajstić information content (AvgIpc) is 3.16. The van der Waals surface area contributed by atoms with E-state index in [0.717, 1.165) is 43.0 Å². The van der Waals surface area contributed by atoms with Crippen LogP contribution in [0.2, 0.25) is 0 Å². The summed E-state index contributed by atoms with van der Waals surface area (Å²) in [4.78, 5) is 12.9. The molecular weight excluding hydrogens is 316 g/mol. The molecule has 0 unspecified atom stereocenters. The normalized spacial score (nSPS) is 17.9. The van der Waals surface area contributed by atoms with E-state index in [1.165, 1.54) is 0 Å². The van der Waals surface area contributed by atoms with E-state index in [1.807, 2.05) is 54.6 Å². The molecule has 1 aliphatic rings. The highest BCUT2D eigenvalue weighted by Gasteiger charge is 2.27. The molecule has 1 aliphatic heterocycles. The molecule has 1 heterocycles. The largest absolute Gasteiger partial charge is 0.497 e. The predicted molar refractivity (Wildman–Crippen MR) is 96.6 cm³/mol. The number of carbonyl (C=O) groups excluding carboxylic acids is 1. The Kier molecular flexibility index (Phi) is 6.04. The summed E-state index contributed by atoms with van der Waals surface area (Å²) in [6.07, 6.45) is 2.40. The van der Waals surface area contributed by atoms with Crippen molar-refractivity contribution in [3.05, 3.63) is 60.2 Å². The van der Waals surface area contributed by atoms with Gasteiger partial charge in [-0.2, -0.15) is 0 Å². The van der Waals surface area contributed by atoms with E-state index >= 15 is 0 Å². The highest BCUT2D eigenvalue weighted by Crippen LogP contribution is 2.19. The maximum absolute atomic E-state index is 12.9. The van der Waals surface area contributed by atoms with Crippen molar-refractivity contribution in [2.45, 2.75) is 25.0 Å². The fraction of sp³-hybridized carbons (Fsp3) is 0.350. The van der Waals surface area contributed by atoms with Crippen LogP contribution in [0, 0.1) is 0 Å². The van der Waals surface area contributed by atoms with Crippen molar-refractivity contribution in [2.24, 2.45) is 0 Å². The van der Waals surface area contributed by atoms with Gasteiger partial charge in [-0.25, -0.2) is 0 Å². The molecule has 132 valence electrons. The van der Waals surface area contributed by atoms with Gasteiger partial charge in [-0.15, -0.1) is 0 Å². The SMILES string of the molecule is COc1cccc(NC(=O)[C@@H]([NH2+]C[C@H]2CCCO2)c2ccccc2)c1. The van der Waals surface area contributed by atoms with Gasteiger partial charge in [0.1, 0.15) is 18.4 Å². The van der Waals surface area contributed by atoms with Crippen molar-refractivity contribution in [1.82, 2.24) is 0 Å². The lowest BCUT2D eigenvalue weighted by molar-refractivity contribution is -0.687. The zero-order valence-electron chi connectivity index (χ0n) is 14.5. The third kappa shape index (κ3) is 4.81. The van der Waals surface area contributed by atoms with E-state index in [1.54, 1.807) is 7.11 Å². The Morgan fingerprint density at radius 1 is 1.28 bits per heavy atom. The second-order valence-corrected chi connectivity index (χ2v) is 6.22. The Bertz CT molecular complexity index is 684. The first kappa shape index (κ1) is 17.5. The van der Waals surface area contributed by atoms with Crippen LogP contribution in [0.3, 0.4) is 0 Å². The fourth-order valence-corrected chi connectivity index (χ4v) is 3.09. The first-order chi connectivity index (χ1) is 12.3. The van der Waals surface area contributed by atoms with E-state index < -0.39 is 0 Å². The molecule has 1 fully saturated rings. The number of nitrogens with one attached hydrogen (secondary N) is 1. The minimum atomic E-state index is -0.309. The summed E-state index contributed by atoms with van der Waals surface area (Å²) in [7, 11) is 1.61. The van der Waals surface area contributed by atoms with Crippen LogP contribution in [0.25, 0.3) is 0 Å². The molecule has 2 aromatic carbocycles. The van der Waals surface area contributed by atoms with Gasteiger partial charge < -0.3 is 20.1 Å². The van der Waals surface area contributed by atoms with Gasteiger partial charge >= 0.3 is 0 Å². The second kappa shape index (κ2) is 8.65. The van der Waals surface area contributed by atoms with Crippen LogP contribution in [0.5, 0.6) is 5.75 Å². The summed E-state index contributed by atoms with van der Waals surface area (Å²) in [5.41, 5.74) is 1.72. The number of anilines is 1. The van der Waals surface area contributed by atoms with Crippen LogP contribution in [0.15, 0.2) is 54.6 Å². The summed E-state index contributed by atoms with van der Waals surface area (Å²) in [6, 6.07) is 16.9. The monoisotopic (exact) mass is 341 g/mol. The van der Waals surface area contributed by atoms with Crippen molar-refractivity contribution in [3.63, 3.8) is 0 Å². The molecule has 0 bridgehead atoms. The Morgan fingerprint density at radius 2 is 2.12 bits per heavy atom. The minimum absolute atomic E-state index is 0.0440. The van der Waals surface area contributed by atoms with Gasteiger partial charge in [0.15, 0.2) is 6.04 Å². The van der Waals surface area contributed by atoms with Gasteiger partial charge in [0.05, 0.1) is 7.11 Å². The number of benzene rings is 2. The first-order valence-corrected chi connectivity index (χ1v) is 8.71. The Labute approximate surface area is 148 Å². The van der Waals surface area contributed by atoms with E-state index in [0.29, 0.717) is 0 Å². The molecular formula is C20H25N2O3+. The van der Waals surface area contributed by atoms with E-state index in [9.17, 15) is 4.79 Å². The lowest BCUT2D eigenvalue weighted by Gasteiger charge is -2.18. The van der Waals surface area contributed by atoms with Crippen molar-refractivity contribution in [1.29, 1.82) is 0 Å². The molecule has 2 atom stereocenters. The van der Waals surface area contributed by atoms with Gasteiger partial charge in [0.2, 0.25) is 0 Å². The molecule has 3 rings (SSSR count). The number of hydrogen-bond acceptors (Lipinski definition) is 3. The van der Waals surface area contributed by atoms with Crippen LogP contribution in [0.1, 0.15) is 24.4 Å². The quantitative estimate of drug-likeness (QED) is 0.811. The van der Waals surface area contributed by atoms with Crippen LogP contribution >= 0.6 is 0 Å². The van der Waals surface area contributed by atoms with E-state index in [4.69, 9.17) is 9.47 Å². The van der Waals surface area contributed by atoms with Crippen molar-refractivity contribution >= 4 is 11.6 Å². The summed E-state index contributed by atoms with van der Waals surface area (Å²) >= 11 is 0. The van der Waals surface area contributed by atoms with Gasteiger partial charge in [-0.3, -0.25) is 4.79 Å². The molecule has 3 N–H and O–H groups in total. The third-order valence-electron chi connectivity index (χ3n) is 4.44. The summed E-state index contributed by atoms with van der Waals surface area (Å²) in [5.74, 6) is 0.676. The maximum Gasteiger partial charge on any atom is 0.287 e. The van der Waals surface area contributed by atoms with E-state index in [-0.39, 0.29) is 18.1 Å². The fourth-order valence-electron chi connectivity index (χ4n) is 3.09. The van der Waals surface area contributed by atoms with Crippen molar-refractivity contribution in [3.8, 4) is 5.75 Å². The molecule has 0 aliphatic carbocycles. The number of nitrogens with two attached hydrogens (primary N) is 1. The van der Waals surface area contributed by atoms with Crippen LogP contribution in [-0.2, 0) is 9.53 Å². The van der Waals surface area contributed by atoms with Crippen molar-refractivity contribution < 1.29 is 19.6 Å². The molecule has 0 saturated carbocycles. The topological polar surface area (TPSA) is 64.2 Å². The smallest absolute Gasteiger partial charge is 0.287 e. The number of carbonyl (C=O) groups is 1. The lowest BCUT2D eigenvalue weighted by Crippen LogP contribution is -2.89. The second-order valence-electron chi connectivity index (χ2n) is 6.22. The molecule has 5 nitrogen and oxygen atoms in total. The molecule has 1 saturated heterocycles. The molecule has 2 aromatic rings. The van der Waals surface area contributed by atoms with Crippen LogP contribution in [0.4, 0.5) is 5.69 Å². The van der Waals surface area contributed by atoms with Gasteiger partial charge in [-0.1, -0.05) is 36.4 Å². The highest BCUT2D eigenvalue weighted by molar-refractivity contribution is 5.94. The zero-order valence-corrected chi connectivity index (χ0v) is 14.5. The summed E-state index contributed by atoms with van der Waals surface area (Å²) in [5, 5.41) is 5.07. The molecule has 1 amide bonds. The molecule has 0 radical (unpaired) electrons. The molecule has 0 spiro atoms. The minimum Gasteiger partial charge on any atom is -0.497 e. The molecule has 25 heavy (non-hydrogen) atoms. The number of hydrogen-bond donors (Lipinski definition) is 2.